The molecule has 0 radical (unpaired) electrons. The second-order valence-corrected chi connectivity index (χ2v) is 7.42. The van der Waals surface area contributed by atoms with Gasteiger partial charge < -0.3 is 14.5 Å². The molecule has 0 fully saturated rings. The number of esters is 1. The van der Waals surface area contributed by atoms with Gasteiger partial charge >= 0.3 is 13.8 Å². The molecule has 0 spiro atoms. The van der Waals surface area contributed by atoms with Crippen molar-refractivity contribution in [2.24, 2.45) is 0 Å². The van der Waals surface area contributed by atoms with E-state index in [4.69, 9.17) is 14.5 Å². The summed E-state index contributed by atoms with van der Waals surface area (Å²) in [6, 6.07) is 0. The van der Waals surface area contributed by atoms with Crippen LogP contribution in [0.2, 0.25) is 0 Å². The summed E-state index contributed by atoms with van der Waals surface area (Å²) < 4.78 is 19.7. The molecule has 0 amide bonds. The molecule has 0 atom stereocenters. The van der Waals surface area contributed by atoms with Crippen molar-refractivity contribution < 1.29 is 28.4 Å². The molecule has 0 aliphatic heterocycles. The Balaban J connectivity index is 3.22. The van der Waals surface area contributed by atoms with Crippen molar-refractivity contribution in [3.8, 4) is 0 Å². The maximum Gasteiger partial charge on any atom is 0.469 e. The maximum atomic E-state index is 11.4. The largest absolute Gasteiger partial charge is 0.469 e. The molecule has 144 valence electrons. The van der Waals surface area contributed by atoms with E-state index in [0.717, 1.165) is 12.8 Å². The molecular weight excluding hydrogens is 331 g/mol. The van der Waals surface area contributed by atoms with Gasteiger partial charge in [-0.15, -0.1) is 0 Å². The molecule has 0 saturated heterocycles. The van der Waals surface area contributed by atoms with Gasteiger partial charge in [0.05, 0.1) is 13.2 Å². The van der Waals surface area contributed by atoms with Crippen molar-refractivity contribution in [1.82, 2.24) is 0 Å². The molecule has 0 bridgehead atoms. The minimum atomic E-state index is -4.41. The minimum Gasteiger partial charge on any atom is -0.466 e. The van der Waals surface area contributed by atoms with E-state index in [2.05, 4.69) is 11.4 Å². The SMILES string of the molecule is CCCCCCCCCCCCCC(=O)OCCCOP(=O)(O)O. The van der Waals surface area contributed by atoms with Crippen LogP contribution in [0.25, 0.3) is 0 Å². The van der Waals surface area contributed by atoms with Crippen molar-refractivity contribution >= 4 is 13.8 Å². The lowest BCUT2D eigenvalue weighted by Crippen LogP contribution is -2.07. The zero-order chi connectivity index (χ0) is 18.1. The van der Waals surface area contributed by atoms with Crippen molar-refractivity contribution in [3.63, 3.8) is 0 Å². The third kappa shape index (κ3) is 19.6. The summed E-state index contributed by atoms with van der Waals surface area (Å²) in [5, 5.41) is 0. The normalized spacial score (nSPS) is 11.6. The van der Waals surface area contributed by atoms with Crippen LogP contribution < -0.4 is 0 Å². The summed E-state index contributed by atoms with van der Waals surface area (Å²) in [7, 11) is -4.41. The van der Waals surface area contributed by atoms with E-state index in [9.17, 15) is 9.36 Å². The van der Waals surface area contributed by atoms with Crippen LogP contribution in [0.5, 0.6) is 0 Å². The fourth-order valence-corrected chi connectivity index (χ4v) is 2.80. The Kier molecular flexibility index (Phi) is 15.8. The Morgan fingerprint density at radius 3 is 1.79 bits per heavy atom. The Labute approximate surface area is 146 Å². The van der Waals surface area contributed by atoms with E-state index in [0.29, 0.717) is 6.42 Å². The van der Waals surface area contributed by atoms with Gasteiger partial charge in [-0.2, -0.15) is 0 Å². The van der Waals surface area contributed by atoms with Crippen molar-refractivity contribution in [3.05, 3.63) is 0 Å². The van der Waals surface area contributed by atoms with Gasteiger partial charge in [-0.25, -0.2) is 4.57 Å². The van der Waals surface area contributed by atoms with Gasteiger partial charge in [-0.1, -0.05) is 71.1 Å². The zero-order valence-corrected chi connectivity index (χ0v) is 16.0. The lowest BCUT2D eigenvalue weighted by atomic mass is 10.1. The van der Waals surface area contributed by atoms with E-state index in [1.165, 1.54) is 57.8 Å². The Morgan fingerprint density at radius 1 is 0.792 bits per heavy atom. The van der Waals surface area contributed by atoms with Crippen LogP contribution >= 0.6 is 7.82 Å². The molecule has 0 aliphatic rings. The predicted molar refractivity (Wildman–Crippen MR) is 94.7 cm³/mol. The van der Waals surface area contributed by atoms with Gasteiger partial charge in [-0.05, 0) is 6.42 Å². The van der Waals surface area contributed by atoms with Crippen LogP contribution in [0.1, 0.15) is 90.4 Å². The molecule has 0 rings (SSSR count). The molecule has 7 heteroatoms. The van der Waals surface area contributed by atoms with Gasteiger partial charge in [0.25, 0.3) is 0 Å². The highest BCUT2D eigenvalue weighted by atomic mass is 31.2. The molecular formula is C17H35O6P. The van der Waals surface area contributed by atoms with E-state index in [-0.39, 0.29) is 25.6 Å². The topological polar surface area (TPSA) is 93.1 Å². The summed E-state index contributed by atoms with van der Waals surface area (Å²) in [4.78, 5) is 28.4. The van der Waals surface area contributed by atoms with Crippen LogP contribution in [0.4, 0.5) is 0 Å². The van der Waals surface area contributed by atoms with Crippen LogP contribution in [0, 0.1) is 0 Å². The number of ether oxygens (including phenoxy) is 1. The van der Waals surface area contributed by atoms with E-state index >= 15 is 0 Å². The number of hydrogen-bond donors (Lipinski definition) is 2. The zero-order valence-electron chi connectivity index (χ0n) is 15.1. The number of unbranched alkanes of at least 4 members (excludes halogenated alkanes) is 10. The van der Waals surface area contributed by atoms with Crippen molar-refractivity contribution in [1.29, 1.82) is 0 Å². The highest BCUT2D eigenvalue weighted by molar-refractivity contribution is 7.46. The van der Waals surface area contributed by atoms with Crippen LogP contribution in [0.3, 0.4) is 0 Å². The average molecular weight is 366 g/mol. The van der Waals surface area contributed by atoms with E-state index < -0.39 is 7.82 Å². The second-order valence-electron chi connectivity index (χ2n) is 6.18. The standard InChI is InChI=1S/C17H35O6P/c1-2-3-4-5-6-7-8-9-10-11-12-14-17(18)22-15-13-16-23-24(19,20)21/h2-16H2,1H3,(H2,19,20,21). The van der Waals surface area contributed by atoms with Crippen molar-refractivity contribution in [2.45, 2.75) is 90.4 Å². The van der Waals surface area contributed by atoms with Crippen LogP contribution in [-0.4, -0.2) is 29.0 Å². The summed E-state index contributed by atoms with van der Waals surface area (Å²) in [5.74, 6) is -0.248. The second kappa shape index (κ2) is 16.1. The predicted octanol–water partition coefficient (Wildman–Crippen LogP) is 4.73. The summed E-state index contributed by atoms with van der Waals surface area (Å²) in [6.45, 7) is 2.25. The third-order valence-electron chi connectivity index (χ3n) is 3.80. The first kappa shape index (κ1) is 23.6. The molecule has 0 heterocycles. The minimum absolute atomic E-state index is 0.115. The highest BCUT2D eigenvalue weighted by Crippen LogP contribution is 2.35. The first-order valence-corrected chi connectivity index (χ1v) is 10.8. The monoisotopic (exact) mass is 366 g/mol. The summed E-state index contributed by atoms with van der Waals surface area (Å²) in [5.41, 5.74) is 0. The van der Waals surface area contributed by atoms with Gasteiger partial charge in [0, 0.05) is 12.8 Å². The molecule has 0 aromatic heterocycles. The quantitative estimate of drug-likeness (QED) is 0.220. The molecule has 0 unspecified atom stereocenters. The molecule has 0 saturated carbocycles. The number of phosphoric acid groups is 1. The van der Waals surface area contributed by atoms with Gasteiger partial charge in [0.15, 0.2) is 0 Å². The fraction of sp³-hybridized carbons (Fsp3) is 0.941. The van der Waals surface area contributed by atoms with Crippen LogP contribution in [-0.2, 0) is 18.6 Å². The molecule has 6 nitrogen and oxygen atoms in total. The summed E-state index contributed by atoms with van der Waals surface area (Å²) in [6.07, 6.45) is 14.3. The van der Waals surface area contributed by atoms with Crippen LogP contribution in [0.15, 0.2) is 0 Å². The van der Waals surface area contributed by atoms with Gasteiger partial charge in [0.1, 0.15) is 0 Å². The maximum absolute atomic E-state index is 11.4. The Hall–Kier alpha value is -0.420. The van der Waals surface area contributed by atoms with Gasteiger partial charge in [0.2, 0.25) is 0 Å². The Bertz CT molecular complexity index is 342. The Morgan fingerprint density at radius 2 is 1.29 bits per heavy atom. The molecule has 0 aromatic rings. The average Bonchev–Trinajstić information content (AvgIpc) is 2.51. The number of carbonyl (C=O) groups is 1. The third-order valence-corrected chi connectivity index (χ3v) is 4.31. The molecule has 0 aliphatic carbocycles. The summed E-state index contributed by atoms with van der Waals surface area (Å²) >= 11 is 0. The number of rotatable bonds is 17. The first-order chi connectivity index (χ1) is 11.5. The highest BCUT2D eigenvalue weighted by Gasteiger charge is 2.12. The first-order valence-electron chi connectivity index (χ1n) is 9.31. The lowest BCUT2D eigenvalue weighted by molar-refractivity contribution is -0.144. The van der Waals surface area contributed by atoms with E-state index in [1.54, 1.807) is 0 Å². The molecule has 2 N–H and O–H groups in total. The smallest absolute Gasteiger partial charge is 0.466 e. The molecule has 0 aromatic carbocycles. The number of carbonyl (C=O) groups excluding carboxylic acids is 1. The van der Waals surface area contributed by atoms with Crippen molar-refractivity contribution in [2.75, 3.05) is 13.2 Å². The lowest BCUT2D eigenvalue weighted by Gasteiger charge is -2.06. The van der Waals surface area contributed by atoms with E-state index in [1.807, 2.05) is 0 Å². The number of hydrogen-bond acceptors (Lipinski definition) is 4. The fourth-order valence-electron chi connectivity index (χ4n) is 2.43. The van der Waals surface area contributed by atoms with Gasteiger partial charge in [-0.3, -0.25) is 9.32 Å². The molecule has 24 heavy (non-hydrogen) atoms. The number of phosphoric ester groups is 1.